The highest BCUT2D eigenvalue weighted by Crippen LogP contribution is 2.26. The number of benzene rings is 1. The molecule has 15 heavy (non-hydrogen) atoms. The average Bonchev–Trinajstić information content (AvgIpc) is 2.18. The Hall–Kier alpha value is -0.600. The van der Waals surface area contributed by atoms with Gasteiger partial charge in [0.2, 0.25) is 0 Å². The second-order valence-electron chi connectivity index (χ2n) is 3.84. The Bertz CT molecular complexity index is 358. The minimum absolute atomic E-state index is 0.257. The molecule has 0 radical (unpaired) electrons. The average molecular weight is 268 g/mol. The lowest BCUT2D eigenvalue weighted by Gasteiger charge is -2.20. The van der Waals surface area contributed by atoms with Crippen LogP contribution in [-0.2, 0) is 0 Å². The van der Waals surface area contributed by atoms with Gasteiger partial charge in [-0.3, -0.25) is 0 Å². The third-order valence-electron chi connectivity index (χ3n) is 2.45. The van der Waals surface area contributed by atoms with E-state index in [-0.39, 0.29) is 6.04 Å². The van der Waals surface area contributed by atoms with E-state index in [1.54, 1.807) is 0 Å². The van der Waals surface area contributed by atoms with Crippen molar-refractivity contribution < 1.29 is 0 Å². The Kier molecular flexibility index (Phi) is 4.55. The fraction of sp³-hybridized carbons (Fsp3) is 0.385. The molecule has 0 saturated carbocycles. The van der Waals surface area contributed by atoms with Crippen LogP contribution in [0.4, 0.5) is 0 Å². The molecule has 1 atom stereocenters. The van der Waals surface area contributed by atoms with Crippen molar-refractivity contribution in [2.24, 2.45) is 0 Å². The van der Waals surface area contributed by atoms with Crippen molar-refractivity contribution >= 4 is 15.9 Å². The molecule has 1 aromatic rings. The summed E-state index contributed by atoms with van der Waals surface area (Å²) in [5.74, 6) is 0. The lowest BCUT2D eigenvalue weighted by atomic mass is 9.97. The van der Waals surface area contributed by atoms with E-state index in [1.165, 1.54) is 11.1 Å². The molecule has 0 aliphatic rings. The van der Waals surface area contributed by atoms with E-state index < -0.39 is 0 Å². The van der Waals surface area contributed by atoms with Gasteiger partial charge in [0.25, 0.3) is 0 Å². The summed E-state index contributed by atoms with van der Waals surface area (Å²) >= 11 is 3.51. The van der Waals surface area contributed by atoms with Gasteiger partial charge in [-0.25, -0.2) is 0 Å². The van der Waals surface area contributed by atoms with E-state index in [1.807, 2.05) is 0 Å². The summed E-state index contributed by atoms with van der Waals surface area (Å²) in [4.78, 5) is 0. The van der Waals surface area contributed by atoms with Crippen molar-refractivity contribution in [2.45, 2.75) is 26.8 Å². The monoisotopic (exact) mass is 267 g/mol. The molecule has 1 N–H and O–H groups in total. The van der Waals surface area contributed by atoms with Crippen molar-refractivity contribution in [1.82, 2.24) is 5.32 Å². The SMILES string of the molecule is C=C(C)C(NCC)c1cc(Br)ccc1C. The quantitative estimate of drug-likeness (QED) is 0.814. The number of rotatable bonds is 4. The molecule has 1 unspecified atom stereocenters. The summed E-state index contributed by atoms with van der Waals surface area (Å²) in [6.45, 7) is 11.3. The van der Waals surface area contributed by atoms with Crippen LogP contribution in [0.15, 0.2) is 34.8 Å². The fourth-order valence-electron chi connectivity index (χ4n) is 1.68. The third-order valence-corrected chi connectivity index (χ3v) is 2.95. The number of aryl methyl sites for hydroxylation is 1. The number of hydrogen-bond acceptors (Lipinski definition) is 1. The molecule has 0 fully saturated rings. The van der Waals surface area contributed by atoms with Gasteiger partial charge in [0.1, 0.15) is 0 Å². The molecule has 2 heteroatoms. The third kappa shape index (κ3) is 3.18. The minimum atomic E-state index is 0.257. The van der Waals surface area contributed by atoms with Gasteiger partial charge < -0.3 is 5.32 Å². The largest absolute Gasteiger partial charge is 0.307 e. The van der Waals surface area contributed by atoms with E-state index in [4.69, 9.17) is 0 Å². The lowest BCUT2D eigenvalue weighted by Crippen LogP contribution is -2.22. The van der Waals surface area contributed by atoms with Crippen molar-refractivity contribution in [1.29, 1.82) is 0 Å². The van der Waals surface area contributed by atoms with Crippen molar-refractivity contribution in [3.63, 3.8) is 0 Å². The van der Waals surface area contributed by atoms with Gasteiger partial charge >= 0.3 is 0 Å². The summed E-state index contributed by atoms with van der Waals surface area (Å²) in [5.41, 5.74) is 3.75. The molecular formula is C13H18BrN. The standard InChI is InChI=1S/C13H18BrN/c1-5-15-13(9(2)3)12-8-11(14)7-6-10(12)4/h6-8,13,15H,2,5H2,1,3-4H3. The van der Waals surface area contributed by atoms with Crippen LogP contribution >= 0.6 is 15.9 Å². The minimum Gasteiger partial charge on any atom is -0.307 e. The molecular weight excluding hydrogens is 250 g/mol. The predicted octanol–water partition coefficient (Wildman–Crippen LogP) is 3.98. The highest BCUT2D eigenvalue weighted by atomic mass is 79.9. The van der Waals surface area contributed by atoms with Crippen LogP contribution < -0.4 is 5.32 Å². The Balaban J connectivity index is 3.09. The van der Waals surface area contributed by atoms with Crippen LogP contribution in [0.2, 0.25) is 0 Å². The Morgan fingerprint density at radius 2 is 2.20 bits per heavy atom. The molecule has 0 aliphatic carbocycles. The highest BCUT2D eigenvalue weighted by Gasteiger charge is 2.13. The van der Waals surface area contributed by atoms with Gasteiger partial charge in [-0.2, -0.15) is 0 Å². The predicted molar refractivity (Wildman–Crippen MR) is 70.1 cm³/mol. The number of likely N-dealkylation sites (N-methyl/N-ethyl adjacent to an activating group) is 1. The first kappa shape index (κ1) is 12.5. The summed E-state index contributed by atoms with van der Waals surface area (Å²) in [7, 11) is 0. The molecule has 1 rings (SSSR count). The van der Waals surface area contributed by atoms with Crippen LogP contribution in [0.5, 0.6) is 0 Å². The van der Waals surface area contributed by atoms with Crippen LogP contribution in [0.25, 0.3) is 0 Å². The van der Waals surface area contributed by atoms with Crippen molar-refractivity contribution in [2.75, 3.05) is 6.54 Å². The first-order chi connectivity index (χ1) is 7.06. The second-order valence-corrected chi connectivity index (χ2v) is 4.75. The van der Waals surface area contributed by atoms with E-state index in [0.29, 0.717) is 0 Å². The first-order valence-corrected chi connectivity index (χ1v) is 6.00. The zero-order valence-corrected chi connectivity index (χ0v) is 11.2. The first-order valence-electron chi connectivity index (χ1n) is 5.21. The normalized spacial score (nSPS) is 12.5. The molecule has 82 valence electrons. The van der Waals surface area contributed by atoms with Gasteiger partial charge in [0.15, 0.2) is 0 Å². The molecule has 0 aliphatic heterocycles. The lowest BCUT2D eigenvalue weighted by molar-refractivity contribution is 0.618. The van der Waals surface area contributed by atoms with Crippen LogP contribution in [0.1, 0.15) is 31.0 Å². The van der Waals surface area contributed by atoms with Gasteiger partial charge in [-0.05, 0) is 43.7 Å². The Morgan fingerprint density at radius 1 is 1.53 bits per heavy atom. The van der Waals surface area contributed by atoms with E-state index in [0.717, 1.165) is 16.6 Å². The van der Waals surface area contributed by atoms with Crippen molar-refractivity contribution in [3.8, 4) is 0 Å². The number of hydrogen-bond donors (Lipinski definition) is 1. The van der Waals surface area contributed by atoms with Crippen molar-refractivity contribution in [3.05, 3.63) is 46.0 Å². The smallest absolute Gasteiger partial charge is 0.0533 e. The van der Waals surface area contributed by atoms with Gasteiger partial charge in [0.05, 0.1) is 6.04 Å². The second kappa shape index (κ2) is 5.47. The molecule has 0 saturated heterocycles. The molecule has 1 aromatic carbocycles. The van der Waals surface area contributed by atoms with Gasteiger partial charge in [-0.15, -0.1) is 0 Å². The maximum absolute atomic E-state index is 4.04. The molecule has 1 nitrogen and oxygen atoms in total. The van der Waals surface area contributed by atoms with Crippen LogP contribution in [-0.4, -0.2) is 6.54 Å². The summed E-state index contributed by atoms with van der Waals surface area (Å²) in [5, 5.41) is 3.45. The zero-order valence-electron chi connectivity index (χ0n) is 9.60. The Morgan fingerprint density at radius 3 is 2.73 bits per heavy atom. The molecule has 0 spiro atoms. The number of halogens is 1. The molecule has 0 aromatic heterocycles. The number of nitrogens with one attached hydrogen (secondary N) is 1. The molecule has 0 amide bonds. The summed E-state index contributed by atoms with van der Waals surface area (Å²) < 4.78 is 1.12. The highest BCUT2D eigenvalue weighted by molar-refractivity contribution is 9.10. The van der Waals surface area contributed by atoms with E-state index >= 15 is 0 Å². The van der Waals surface area contributed by atoms with Crippen LogP contribution in [0, 0.1) is 6.92 Å². The van der Waals surface area contributed by atoms with E-state index in [2.05, 4.69) is 66.8 Å². The van der Waals surface area contributed by atoms with Gasteiger partial charge in [-0.1, -0.05) is 41.1 Å². The maximum Gasteiger partial charge on any atom is 0.0533 e. The molecule has 0 heterocycles. The van der Waals surface area contributed by atoms with Crippen LogP contribution in [0.3, 0.4) is 0 Å². The summed E-state index contributed by atoms with van der Waals surface area (Å²) in [6, 6.07) is 6.62. The maximum atomic E-state index is 4.04. The topological polar surface area (TPSA) is 12.0 Å². The molecule has 0 bridgehead atoms. The summed E-state index contributed by atoms with van der Waals surface area (Å²) in [6.07, 6.45) is 0. The van der Waals surface area contributed by atoms with Gasteiger partial charge in [0, 0.05) is 4.47 Å². The van der Waals surface area contributed by atoms with E-state index in [9.17, 15) is 0 Å². The zero-order chi connectivity index (χ0) is 11.4. The fourth-order valence-corrected chi connectivity index (χ4v) is 2.05. The Labute approximate surface area is 101 Å².